The SMILES string of the molecule is NCC1(C(=O)N2CCC(C(=O)NCCCO)CC2)CC1. The molecule has 6 heteroatoms. The first kappa shape index (κ1) is 15.3. The molecule has 2 rings (SSSR count). The third-order valence-corrected chi connectivity index (χ3v) is 4.49. The minimum Gasteiger partial charge on any atom is -0.396 e. The average molecular weight is 283 g/mol. The number of hydrogen-bond donors (Lipinski definition) is 3. The zero-order chi connectivity index (χ0) is 14.6. The first-order valence-corrected chi connectivity index (χ1v) is 7.51. The molecule has 114 valence electrons. The summed E-state index contributed by atoms with van der Waals surface area (Å²) in [5, 5.41) is 11.5. The monoisotopic (exact) mass is 283 g/mol. The minimum atomic E-state index is -0.282. The number of aliphatic hydroxyl groups is 1. The van der Waals surface area contributed by atoms with E-state index in [9.17, 15) is 9.59 Å². The van der Waals surface area contributed by atoms with E-state index in [2.05, 4.69) is 5.32 Å². The van der Waals surface area contributed by atoms with Gasteiger partial charge in [0.2, 0.25) is 11.8 Å². The summed E-state index contributed by atoms with van der Waals surface area (Å²) in [4.78, 5) is 26.1. The van der Waals surface area contributed by atoms with Crippen LogP contribution in [-0.2, 0) is 9.59 Å². The Hall–Kier alpha value is -1.14. The Morgan fingerprint density at radius 3 is 2.45 bits per heavy atom. The third kappa shape index (κ3) is 3.30. The van der Waals surface area contributed by atoms with Crippen molar-refractivity contribution >= 4 is 11.8 Å². The molecule has 0 spiro atoms. The number of carbonyl (C=O) groups excluding carboxylic acids is 2. The second-order valence-electron chi connectivity index (χ2n) is 5.92. The minimum absolute atomic E-state index is 0.00854. The summed E-state index contributed by atoms with van der Waals surface area (Å²) in [5.74, 6) is 0.218. The zero-order valence-corrected chi connectivity index (χ0v) is 11.9. The van der Waals surface area contributed by atoms with Crippen LogP contribution in [0.3, 0.4) is 0 Å². The average Bonchev–Trinajstić information content (AvgIpc) is 3.28. The molecule has 0 unspecified atom stereocenters. The number of aliphatic hydroxyl groups excluding tert-OH is 1. The first-order valence-electron chi connectivity index (χ1n) is 7.51. The summed E-state index contributed by atoms with van der Waals surface area (Å²) in [6, 6.07) is 0. The van der Waals surface area contributed by atoms with Crippen molar-refractivity contribution in [3.63, 3.8) is 0 Å². The normalized spacial score (nSPS) is 21.6. The fraction of sp³-hybridized carbons (Fsp3) is 0.857. The standard InChI is InChI=1S/C14H25N3O3/c15-10-14(4-5-14)13(20)17-7-2-11(3-8-17)12(19)16-6-1-9-18/h11,18H,1-10,15H2,(H,16,19). The second-order valence-corrected chi connectivity index (χ2v) is 5.92. The lowest BCUT2D eigenvalue weighted by Crippen LogP contribution is -2.47. The summed E-state index contributed by atoms with van der Waals surface area (Å²) in [6.07, 6.45) is 3.84. The second kappa shape index (κ2) is 6.54. The Morgan fingerprint density at radius 2 is 1.95 bits per heavy atom. The van der Waals surface area contributed by atoms with Crippen LogP contribution >= 0.6 is 0 Å². The van der Waals surface area contributed by atoms with E-state index in [0.717, 1.165) is 25.7 Å². The third-order valence-electron chi connectivity index (χ3n) is 4.49. The van der Waals surface area contributed by atoms with Crippen molar-refractivity contribution < 1.29 is 14.7 Å². The van der Waals surface area contributed by atoms with Crippen molar-refractivity contribution in [2.75, 3.05) is 32.8 Å². The van der Waals surface area contributed by atoms with E-state index in [1.807, 2.05) is 4.90 Å². The van der Waals surface area contributed by atoms with Crippen molar-refractivity contribution in [3.8, 4) is 0 Å². The molecule has 1 heterocycles. The van der Waals surface area contributed by atoms with Gasteiger partial charge in [-0.3, -0.25) is 9.59 Å². The highest BCUT2D eigenvalue weighted by atomic mass is 16.3. The lowest BCUT2D eigenvalue weighted by molar-refractivity contribution is -0.140. The van der Waals surface area contributed by atoms with Gasteiger partial charge in [-0.1, -0.05) is 0 Å². The quantitative estimate of drug-likeness (QED) is 0.571. The largest absolute Gasteiger partial charge is 0.396 e. The molecular weight excluding hydrogens is 258 g/mol. The number of piperidine rings is 1. The van der Waals surface area contributed by atoms with Gasteiger partial charge in [0, 0.05) is 38.7 Å². The maximum Gasteiger partial charge on any atom is 0.230 e. The molecule has 0 aromatic carbocycles. The van der Waals surface area contributed by atoms with E-state index in [0.29, 0.717) is 32.6 Å². The molecule has 6 nitrogen and oxygen atoms in total. The van der Waals surface area contributed by atoms with Crippen LogP contribution in [-0.4, -0.2) is 54.6 Å². The first-order chi connectivity index (χ1) is 9.63. The van der Waals surface area contributed by atoms with E-state index in [1.54, 1.807) is 0 Å². The Morgan fingerprint density at radius 1 is 1.30 bits per heavy atom. The van der Waals surface area contributed by atoms with Crippen LogP contribution < -0.4 is 11.1 Å². The summed E-state index contributed by atoms with van der Waals surface area (Å²) in [5.41, 5.74) is 5.41. The highest BCUT2D eigenvalue weighted by molar-refractivity contribution is 5.86. The predicted octanol–water partition coefficient (Wildman–Crippen LogP) is -0.537. The van der Waals surface area contributed by atoms with E-state index in [-0.39, 0.29) is 29.8 Å². The van der Waals surface area contributed by atoms with Crippen molar-refractivity contribution in [1.82, 2.24) is 10.2 Å². The highest BCUT2D eigenvalue weighted by Gasteiger charge is 2.50. The van der Waals surface area contributed by atoms with Gasteiger partial charge in [-0.15, -0.1) is 0 Å². The Balaban J connectivity index is 1.75. The number of amides is 2. The highest BCUT2D eigenvalue weighted by Crippen LogP contribution is 2.46. The van der Waals surface area contributed by atoms with Crippen LogP contribution in [0.1, 0.15) is 32.1 Å². The number of nitrogens with one attached hydrogen (secondary N) is 1. The molecule has 0 aromatic heterocycles. The van der Waals surface area contributed by atoms with E-state index in [1.165, 1.54) is 0 Å². The lowest BCUT2D eigenvalue weighted by Gasteiger charge is -2.33. The molecule has 4 N–H and O–H groups in total. The van der Waals surface area contributed by atoms with Crippen LogP contribution in [0.5, 0.6) is 0 Å². The van der Waals surface area contributed by atoms with Gasteiger partial charge < -0.3 is 21.1 Å². The Kier molecular flexibility index (Phi) is 4.99. The smallest absolute Gasteiger partial charge is 0.230 e. The molecule has 1 saturated heterocycles. The molecule has 20 heavy (non-hydrogen) atoms. The van der Waals surface area contributed by atoms with Crippen LogP contribution in [0.2, 0.25) is 0 Å². The fourth-order valence-electron chi connectivity index (χ4n) is 2.77. The molecular formula is C14H25N3O3. The van der Waals surface area contributed by atoms with Crippen LogP contribution in [0.4, 0.5) is 0 Å². The van der Waals surface area contributed by atoms with Crippen LogP contribution in [0.25, 0.3) is 0 Å². The number of rotatable bonds is 6. The Labute approximate surface area is 119 Å². The van der Waals surface area contributed by atoms with Gasteiger partial charge in [0.15, 0.2) is 0 Å². The van der Waals surface area contributed by atoms with Crippen molar-refractivity contribution in [1.29, 1.82) is 0 Å². The van der Waals surface area contributed by atoms with Gasteiger partial charge in [-0.05, 0) is 32.1 Å². The predicted molar refractivity (Wildman–Crippen MR) is 74.7 cm³/mol. The van der Waals surface area contributed by atoms with Gasteiger partial charge in [-0.2, -0.15) is 0 Å². The van der Waals surface area contributed by atoms with Crippen molar-refractivity contribution in [2.45, 2.75) is 32.1 Å². The maximum absolute atomic E-state index is 12.3. The summed E-state index contributed by atoms with van der Waals surface area (Å²) in [7, 11) is 0. The Bertz CT molecular complexity index is 361. The summed E-state index contributed by atoms with van der Waals surface area (Å²) >= 11 is 0. The van der Waals surface area contributed by atoms with Crippen molar-refractivity contribution in [3.05, 3.63) is 0 Å². The number of hydrogen-bond acceptors (Lipinski definition) is 4. The number of nitrogens with two attached hydrogens (primary N) is 1. The number of likely N-dealkylation sites (tertiary alicyclic amines) is 1. The maximum atomic E-state index is 12.3. The molecule has 0 radical (unpaired) electrons. The summed E-state index contributed by atoms with van der Waals surface area (Å²) in [6.45, 7) is 2.35. The van der Waals surface area contributed by atoms with Gasteiger partial charge in [-0.25, -0.2) is 0 Å². The van der Waals surface area contributed by atoms with Crippen LogP contribution in [0, 0.1) is 11.3 Å². The van der Waals surface area contributed by atoms with Gasteiger partial charge in [0.1, 0.15) is 0 Å². The summed E-state index contributed by atoms with van der Waals surface area (Å²) < 4.78 is 0. The van der Waals surface area contributed by atoms with Gasteiger partial charge in [0.05, 0.1) is 5.41 Å². The number of nitrogens with zero attached hydrogens (tertiary/aromatic N) is 1. The topological polar surface area (TPSA) is 95.7 Å². The molecule has 2 aliphatic rings. The molecule has 2 amide bonds. The van der Waals surface area contributed by atoms with Crippen molar-refractivity contribution in [2.24, 2.45) is 17.1 Å². The molecule has 0 bridgehead atoms. The molecule has 1 aliphatic heterocycles. The lowest BCUT2D eigenvalue weighted by atomic mass is 9.94. The fourth-order valence-corrected chi connectivity index (χ4v) is 2.77. The van der Waals surface area contributed by atoms with Gasteiger partial charge >= 0.3 is 0 Å². The van der Waals surface area contributed by atoms with Gasteiger partial charge in [0.25, 0.3) is 0 Å². The van der Waals surface area contributed by atoms with Crippen LogP contribution in [0.15, 0.2) is 0 Å². The molecule has 2 fully saturated rings. The van der Waals surface area contributed by atoms with E-state index >= 15 is 0 Å². The van der Waals surface area contributed by atoms with E-state index in [4.69, 9.17) is 10.8 Å². The molecule has 0 aromatic rings. The number of carbonyl (C=O) groups is 2. The molecule has 1 aliphatic carbocycles. The molecule has 1 saturated carbocycles. The molecule has 0 atom stereocenters. The van der Waals surface area contributed by atoms with E-state index < -0.39 is 0 Å². The zero-order valence-electron chi connectivity index (χ0n) is 11.9.